The fourth-order valence-electron chi connectivity index (χ4n) is 2.62. The van der Waals surface area contributed by atoms with Crippen LogP contribution in [0.4, 0.5) is 0 Å². The van der Waals surface area contributed by atoms with Crippen LogP contribution >= 0.6 is 11.6 Å². The molecule has 1 atom stereocenters. The highest BCUT2D eigenvalue weighted by Crippen LogP contribution is 2.23. The van der Waals surface area contributed by atoms with Crippen molar-refractivity contribution < 1.29 is 9.59 Å². The van der Waals surface area contributed by atoms with E-state index in [-0.39, 0.29) is 17.7 Å². The number of Topliss-reactive ketones (excluding diaryl/α,β-unsaturated/α-hetero) is 1. The summed E-state index contributed by atoms with van der Waals surface area (Å²) >= 11 is 5.93. The highest BCUT2D eigenvalue weighted by atomic mass is 35.5. The van der Waals surface area contributed by atoms with Crippen LogP contribution < -0.4 is 5.32 Å². The van der Waals surface area contributed by atoms with Crippen LogP contribution in [0.3, 0.4) is 0 Å². The van der Waals surface area contributed by atoms with Crippen molar-refractivity contribution in [2.45, 2.75) is 32.4 Å². The largest absolute Gasteiger partial charge is 0.353 e. The van der Waals surface area contributed by atoms with Gasteiger partial charge in [-0.2, -0.15) is 0 Å². The Bertz CT molecular complexity index is 542. The number of benzene rings is 1. The molecule has 1 saturated heterocycles. The molecule has 108 valence electrons. The monoisotopic (exact) mass is 294 g/mol. The minimum absolute atomic E-state index is 0.0183. The van der Waals surface area contributed by atoms with Crippen LogP contribution in [0, 0.1) is 0 Å². The number of ketones is 1. The second kappa shape index (κ2) is 5.54. The van der Waals surface area contributed by atoms with Gasteiger partial charge >= 0.3 is 0 Å². The molecule has 0 saturated carbocycles. The predicted molar refractivity (Wildman–Crippen MR) is 79.0 cm³/mol. The predicted octanol–water partition coefficient (Wildman–Crippen LogP) is 2.12. The fourth-order valence-corrected chi connectivity index (χ4v) is 2.81. The minimum Gasteiger partial charge on any atom is -0.353 e. The Morgan fingerprint density at radius 3 is 2.80 bits per heavy atom. The van der Waals surface area contributed by atoms with Gasteiger partial charge in [0.1, 0.15) is 0 Å². The molecule has 1 N–H and O–H groups in total. The first kappa shape index (κ1) is 15.0. The van der Waals surface area contributed by atoms with E-state index in [0.29, 0.717) is 23.7 Å². The van der Waals surface area contributed by atoms with E-state index in [0.717, 1.165) is 0 Å². The van der Waals surface area contributed by atoms with Gasteiger partial charge in [-0.25, -0.2) is 0 Å². The molecule has 1 heterocycles. The number of hydrogen-bond donors (Lipinski definition) is 1. The molecule has 2 rings (SSSR count). The van der Waals surface area contributed by atoms with Crippen molar-refractivity contribution in [2.24, 2.45) is 0 Å². The van der Waals surface area contributed by atoms with Gasteiger partial charge in [-0.1, -0.05) is 23.7 Å². The summed E-state index contributed by atoms with van der Waals surface area (Å²) in [5.74, 6) is -0.0650. The molecule has 1 aromatic rings. The van der Waals surface area contributed by atoms with Gasteiger partial charge in [0.25, 0.3) is 0 Å². The van der Waals surface area contributed by atoms with Crippen LogP contribution in [0.1, 0.15) is 31.1 Å². The zero-order chi connectivity index (χ0) is 14.9. The molecular weight excluding hydrogens is 276 g/mol. The lowest BCUT2D eigenvalue weighted by atomic mass is 9.94. The molecule has 1 fully saturated rings. The maximum atomic E-state index is 12.6. The summed E-state index contributed by atoms with van der Waals surface area (Å²) in [6, 6.07) is 6.55. The maximum Gasteiger partial charge on any atom is 0.240 e. The summed E-state index contributed by atoms with van der Waals surface area (Å²) in [7, 11) is 0. The third-order valence-corrected chi connectivity index (χ3v) is 4.10. The summed E-state index contributed by atoms with van der Waals surface area (Å²) in [5, 5.41) is 3.37. The summed E-state index contributed by atoms with van der Waals surface area (Å²) in [6.45, 7) is 6.73. The van der Waals surface area contributed by atoms with E-state index in [4.69, 9.17) is 11.6 Å². The van der Waals surface area contributed by atoms with Crippen LogP contribution in [-0.2, 0) is 4.79 Å². The molecule has 0 radical (unpaired) electrons. The number of nitrogens with one attached hydrogen (secondary N) is 1. The van der Waals surface area contributed by atoms with Crippen molar-refractivity contribution in [3.8, 4) is 0 Å². The summed E-state index contributed by atoms with van der Waals surface area (Å²) in [6.07, 6.45) is 0. The number of rotatable bonds is 3. The maximum absolute atomic E-state index is 12.6. The first-order chi connectivity index (χ1) is 9.34. The van der Waals surface area contributed by atoms with Crippen LogP contribution in [-0.4, -0.2) is 41.3 Å². The zero-order valence-corrected chi connectivity index (χ0v) is 12.7. The number of carbonyl (C=O) groups excluding carboxylic acids is 2. The Kier molecular flexibility index (Phi) is 4.16. The number of hydrogen-bond acceptors (Lipinski definition) is 3. The Labute approximate surface area is 124 Å². The zero-order valence-electron chi connectivity index (χ0n) is 11.9. The average Bonchev–Trinajstić information content (AvgIpc) is 2.40. The van der Waals surface area contributed by atoms with Gasteiger partial charge in [0.2, 0.25) is 5.91 Å². The van der Waals surface area contributed by atoms with E-state index in [2.05, 4.69) is 5.32 Å². The third-order valence-electron chi connectivity index (χ3n) is 3.87. The Balaban J connectivity index is 2.24. The van der Waals surface area contributed by atoms with Crippen molar-refractivity contribution in [1.82, 2.24) is 10.2 Å². The molecule has 0 aromatic heterocycles. The summed E-state index contributed by atoms with van der Waals surface area (Å²) in [5.41, 5.74) is -0.113. The van der Waals surface area contributed by atoms with Gasteiger partial charge in [0.05, 0.1) is 11.6 Å². The van der Waals surface area contributed by atoms with Crippen LogP contribution in [0.15, 0.2) is 24.3 Å². The van der Waals surface area contributed by atoms with Crippen LogP contribution in [0.5, 0.6) is 0 Å². The fraction of sp³-hybridized carbons (Fsp3) is 0.467. The van der Waals surface area contributed by atoms with Gasteiger partial charge in [0, 0.05) is 23.7 Å². The number of piperazine rings is 1. The highest BCUT2D eigenvalue weighted by molar-refractivity contribution is 6.31. The van der Waals surface area contributed by atoms with Crippen molar-refractivity contribution >= 4 is 23.3 Å². The molecule has 4 nitrogen and oxygen atoms in total. The second-order valence-electron chi connectivity index (χ2n) is 5.56. The molecule has 1 unspecified atom stereocenters. The van der Waals surface area contributed by atoms with Crippen molar-refractivity contribution in [1.29, 1.82) is 0 Å². The number of halogens is 1. The SMILES string of the molecule is CC(C(=O)c1cccc(Cl)c1)N1CCNC(=O)C1(C)C. The quantitative estimate of drug-likeness (QED) is 0.869. The topological polar surface area (TPSA) is 49.4 Å². The lowest BCUT2D eigenvalue weighted by molar-refractivity contribution is -0.135. The minimum atomic E-state index is -0.689. The van der Waals surface area contributed by atoms with Gasteiger partial charge in [0.15, 0.2) is 5.78 Å². The van der Waals surface area contributed by atoms with E-state index in [1.165, 1.54) is 0 Å². The summed E-state index contributed by atoms with van der Waals surface area (Å²) in [4.78, 5) is 26.5. The van der Waals surface area contributed by atoms with Crippen LogP contribution in [0.25, 0.3) is 0 Å². The van der Waals surface area contributed by atoms with Crippen LogP contribution in [0.2, 0.25) is 5.02 Å². The lowest BCUT2D eigenvalue weighted by Gasteiger charge is -2.44. The molecule has 5 heteroatoms. The molecule has 1 aliphatic rings. The molecular formula is C15H19ClN2O2. The first-order valence-electron chi connectivity index (χ1n) is 6.69. The second-order valence-corrected chi connectivity index (χ2v) is 6.00. The van der Waals surface area contributed by atoms with E-state index < -0.39 is 5.54 Å². The average molecular weight is 295 g/mol. The van der Waals surface area contributed by atoms with Gasteiger partial charge in [-0.05, 0) is 32.9 Å². The van der Waals surface area contributed by atoms with Gasteiger partial charge < -0.3 is 5.32 Å². The normalized spacial score (nSPS) is 20.3. The number of carbonyl (C=O) groups is 2. The molecule has 0 spiro atoms. The Morgan fingerprint density at radius 2 is 2.15 bits per heavy atom. The molecule has 0 bridgehead atoms. The molecule has 1 amide bonds. The van der Waals surface area contributed by atoms with Crippen molar-refractivity contribution in [3.05, 3.63) is 34.9 Å². The smallest absolute Gasteiger partial charge is 0.240 e. The van der Waals surface area contributed by atoms with Gasteiger partial charge in [-0.3, -0.25) is 14.5 Å². The highest BCUT2D eigenvalue weighted by Gasteiger charge is 2.41. The lowest BCUT2D eigenvalue weighted by Crippen LogP contribution is -2.65. The standard InChI is InChI=1S/C15H19ClN2O2/c1-10(13(19)11-5-4-6-12(16)9-11)18-8-7-17-14(20)15(18,2)3/h4-6,9-10H,7-8H2,1-3H3,(H,17,20). The summed E-state index contributed by atoms with van der Waals surface area (Å²) < 4.78 is 0. The van der Waals surface area contributed by atoms with Gasteiger partial charge in [-0.15, -0.1) is 0 Å². The molecule has 0 aliphatic carbocycles. The molecule has 20 heavy (non-hydrogen) atoms. The molecule has 1 aliphatic heterocycles. The Morgan fingerprint density at radius 1 is 1.45 bits per heavy atom. The third kappa shape index (κ3) is 2.72. The Hall–Kier alpha value is -1.39. The van der Waals surface area contributed by atoms with E-state index >= 15 is 0 Å². The van der Waals surface area contributed by atoms with Crippen molar-refractivity contribution in [2.75, 3.05) is 13.1 Å². The van der Waals surface area contributed by atoms with E-state index in [1.807, 2.05) is 25.7 Å². The first-order valence-corrected chi connectivity index (χ1v) is 7.06. The van der Waals surface area contributed by atoms with Crippen molar-refractivity contribution in [3.63, 3.8) is 0 Å². The number of amides is 1. The van der Waals surface area contributed by atoms with E-state index in [1.54, 1.807) is 24.3 Å². The van der Waals surface area contributed by atoms with E-state index in [9.17, 15) is 9.59 Å². The molecule has 1 aromatic carbocycles. The number of nitrogens with zero attached hydrogens (tertiary/aromatic N) is 1.